The van der Waals surface area contributed by atoms with Gasteiger partial charge in [0.05, 0.1) is 10.6 Å². The molecule has 4 aromatic carbocycles. The maximum atomic E-state index is 14.6. The van der Waals surface area contributed by atoms with Gasteiger partial charge in [-0.1, -0.05) is 97.7 Å². The van der Waals surface area contributed by atoms with E-state index in [9.17, 15) is 18.0 Å². The third-order valence-electron chi connectivity index (χ3n) is 7.74. The molecule has 46 heavy (non-hydrogen) atoms. The molecule has 0 bridgehead atoms. The Balaban J connectivity index is 1.82. The van der Waals surface area contributed by atoms with Crippen LogP contribution in [-0.2, 0) is 32.6 Å². The van der Waals surface area contributed by atoms with Crippen LogP contribution < -0.4 is 9.62 Å². The van der Waals surface area contributed by atoms with Gasteiger partial charge in [-0.3, -0.25) is 13.9 Å². The Morgan fingerprint density at radius 1 is 0.804 bits per heavy atom. The zero-order valence-corrected chi connectivity index (χ0v) is 28.6. The molecule has 0 aliphatic heterocycles. The van der Waals surface area contributed by atoms with Gasteiger partial charge >= 0.3 is 0 Å². The van der Waals surface area contributed by atoms with Crippen molar-refractivity contribution in [2.24, 2.45) is 5.92 Å². The number of sulfonamides is 1. The van der Waals surface area contributed by atoms with Crippen molar-refractivity contribution in [1.82, 2.24) is 10.2 Å². The molecule has 0 saturated heterocycles. The minimum absolute atomic E-state index is 0.0755. The van der Waals surface area contributed by atoms with Gasteiger partial charge in [-0.2, -0.15) is 0 Å². The van der Waals surface area contributed by atoms with E-state index in [0.29, 0.717) is 22.8 Å². The lowest BCUT2D eigenvalue weighted by molar-refractivity contribution is -0.140. The maximum Gasteiger partial charge on any atom is 0.264 e. The molecule has 0 aromatic heterocycles. The Hall–Kier alpha value is -4.14. The van der Waals surface area contributed by atoms with Crippen LogP contribution in [0.15, 0.2) is 102 Å². The van der Waals surface area contributed by atoms with Crippen LogP contribution in [0.2, 0.25) is 5.02 Å². The van der Waals surface area contributed by atoms with E-state index in [-0.39, 0.29) is 29.7 Å². The summed E-state index contributed by atoms with van der Waals surface area (Å²) >= 11 is 6.17. The van der Waals surface area contributed by atoms with Crippen LogP contribution in [-0.4, -0.2) is 44.3 Å². The summed E-state index contributed by atoms with van der Waals surface area (Å²) in [5.74, 6) is -0.618. The topological polar surface area (TPSA) is 86.8 Å². The molecule has 0 unspecified atom stereocenters. The molecular formula is C37H42ClN3O4S. The summed E-state index contributed by atoms with van der Waals surface area (Å²) in [6, 6.07) is 27.8. The second-order valence-corrected chi connectivity index (χ2v) is 14.4. The van der Waals surface area contributed by atoms with Crippen molar-refractivity contribution in [3.63, 3.8) is 0 Å². The highest BCUT2D eigenvalue weighted by molar-refractivity contribution is 7.92. The Labute approximate surface area is 278 Å². The number of nitrogens with zero attached hydrogens (tertiary/aromatic N) is 2. The van der Waals surface area contributed by atoms with Crippen LogP contribution in [0, 0.1) is 26.7 Å². The average molecular weight is 660 g/mol. The van der Waals surface area contributed by atoms with Crippen molar-refractivity contribution in [1.29, 1.82) is 0 Å². The van der Waals surface area contributed by atoms with Crippen LogP contribution in [0.25, 0.3) is 0 Å². The van der Waals surface area contributed by atoms with Gasteiger partial charge in [0.1, 0.15) is 12.6 Å². The first-order valence-electron chi connectivity index (χ1n) is 15.4. The molecular weight excluding hydrogens is 618 g/mol. The van der Waals surface area contributed by atoms with Crippen molar-refractivity contribution in [3.05, 3.63) is 130 Å². The molecule has 0 aliphatic carbocycles. The quantitative estimate of drug-likeness (QED) is 0.170. The lowest BCUT2D eigenvalue weighted by atomic mass is 10.0. The van der Waals surface area contributed by atoms with Gasteiger partial charge in [-0.25, -0.2) is 8.42 Å². The van der Waals surface area contributed by atoms with E-state index >= 15 is 0 Å². The van der Waals surface area contributed by atoms with E-state index in [1.807, 2.05) is 77.1 Å². The van der Waals surface area contributed by atoms with E-state index in [2.05, 4.69) is 5.32 Å². The smallest absolute Gasteiger partial charge is 0.264 e. The van der Waals surface area contributed by atoms with Gasteiger partial charge in [-0.15, -0.1) is 0 Å². The zero-order valence-electron chi connectivity index (χ0n) is 27.0. The summed E-state index contributed by atoms with van der Waals surface area (Å²) in [5.41, 5.74) is 4.51. The van der Waals surface area contributed by atoms with Gasteiger partial charge < -0.3 is 10.2 Å². The van der Waals surface area contributed by atoms with Crippen LogP contribution in [0.1, 0.15) is 41.7 Å². The van der Waals surface area contributed by atoms with E-state index < -0.39 is 28.5 Å². The molecule has 1 atom stereocenters. The van der Waals surface area contributed by atoms with Crippen molar-refractivity contribution in [2.75, 3.05) is 17.4 Å². The second-order valence-electron chi connectivity index (χ2n) is 12.1. The van der Waals surface area contributed by atoms with Crippen molar-refractivity contribution in [3.8, 4) is 0 Å². The molecule has 4 aromatic rings. The van der Waals surface area contributed by atoms with Gasteiger partial charge in [0.2, 0.25) is 11.8 Å². The van der Waals surface area contributed by atoms with Crippen molar-refractivity contribution in [2.45, 2.75) is 58.5 Å². The number of hydrogen-bond donors (Lipinski definition) is 1. The fraction of sp³-hybridized carbons (Fsp3) is 0.297. The number of carbonyl (C=O) groups excluding carboxylic acids is 2. The molecule has 4 rings (SSSR count). The summed E-state index contributed by atoms with van der Waals surface area (Å²) < 4.78 is 29.8. The van der Waals surface area contributed by atoms with Crippen LogP contribution in [0.5, 0.6) is 0 Å². The van der Waals surface area contributed by atoms with Gasteiger partial charge in [0.25, 0.3) is 10.0 Å². The Bertz CT molecular complexity index is 1740. The van der Waals surface area contributed by atoms with E-state index in [4.69, 9.17) is 11.6 Å². The highest BCUT2D eigenvalue weighted by atomic mass is 35.5. The lowest BCUT2D eigenvalue weighted by Crippen LogP contribution is -2.53. The number of benzene rings is 4. The number of hydrogen-bond acceptors (Lipinski definition) is 4. The molecule has 2 amide bonds. The number of halogens is 1. The molecule has 7 nitrogen and oxygen atoms in total. The normalized spacial score (nSPS) is 12.1. The fourth-order valence-electron chi connectivity index (χ4n) is 5.10. The molecule has 0 heterocycles. The van der Waals surface area contributed by atoms with Gasteiger partial charge in [0, 0.05) is 24.5 Å². The Morgan fingerprint density at radius 3 is 2.07 bits per heavy atom. The second kappa shape index (κ2) is 15.4. The predicted octanol–water partition coefficient (Wildman–Crippen LogP) is 6.87. The molecule has 0 fully saturated rings. The lowest BCUT2D eigenvalue weighted by Gasteiger charge is -2.34. The van der Waals surface area contributed by atoms with Gasteiger partial charge in [-0.05, 0) is 79.3 Å². The van der Waals surface area contributed by atoms with E-state index in [1.54, 1.807) is 54.6 Å². The zero-order chi connectivity index (χ0) is 33.4. The third kappa shape index (κ3) is 8.98. The Morgan fingerprint density at radius 2 is 1.43 bits per heavy atom. The molecule has 0 radical (unpaired) electrons. The number of carbonyl (C=O) groups is 2. The number of amides is 2. The highest BCUT2D eigenvalue weighted by Gasteiger charge is 2.35. The summed E-state index contributed by atoms with van der Waals surface area (Å²) in [6.45, 7) is 9.59. The number of rotatable bonds is 13. The van der Waals surface area contributed by atoms with Crippen molar-refractivity contribution < 1.29 is 18.0 Å². The molecule has 0 saturated carbocycles. The van der Waals surface area contributed by atoms with Crippen LogP contribution >= 0.6 is 11.6 Å². The maximum absolute atomic E-state index is 14.6. The Kier molecular flexibility index (Phi) is 11.7. The molecule has 0 spiro atoms. The minimum Gasteiger partial charge on any atom is -0.354 e. The summed E-state index contributed by atoms with van der Waals surface area (Å²) in [6.07, 6.45) is 0.248. The third-order valence-corrected chi connectivity index (χ3v) is 9.77. The first-order chi connectivity index (χ1) is 21.8. The highest BCUT2D eigenvalue weighted by Crippen LogP contribution is 2.29. The standard InChI is InChI=1S/C37H42ClN3O4S/c1-26(2)23-39-37(43)35(22-30-9-7-6-8-10-30)40(24-31-15-17-32(38)18-16-31)36(42)25-41(34-21-28(4)11-14-29(34)5)46(44,45)33-19-12-27(3)13-20-33/h6-21,26,35H,22-25H2,1-5H3,(H,39,43)/t35-/m0/s1. The van der Waals surface area contributed by atoms with Crippen LogP contribution in [0.4, 0.5) is 5.69 Å². The monoisotopic (exact) mass is 659 g/mol. The molecule has 0 aliphatic rings. The molecule has 1 N–H and O–H groups in total. The average Bonchev–Trinajstić information content (AvgIpc) is 3.03. The van der Waals surface area contributed by atoms with Crippen LogP contribution in [0.3, 0.4) is 0 Å². The fourth-order valence-corrected chi connectivity index (χ4v) is 6.70. The number of aryl methyl sites for hydroxylation is 3. The number of anilines is 1. The largest absolute Gasteiger partial charge is 0.354 e. The summed E-state index contributed by atoms with van der Waals surface area (Å²) in [7, 11) is -4.18. The summed E-state index contributed by atoms with van der Waals surface area (Å²) in [4.78, 5) is 30.1. The van der Waals surface area contributed by atoms with E-state index in [1.165, 1.54) is 9.21 Å². The predicted molar refractivity (Wildman–Crippen MR) is 185 cm³/mol. The van der Waals surface area contributed by atoms with Crippen molar-refractivity contribution >= 4 is 39.1 Å². The minimum atomic E-state index is -4.18. The first-order valence-corrected chi connectivity index (χ1v) is 17.2. The first kappa shape index (κ1) is 34.7. The molecule has 9 heteroatoms. The van der Waals surface area contributed by atoms with Gasteiger partial charge in [0.15, 0.2) is 0 Å². The van der Waals surface area contributed by atoms with E-state index in [0.717, 1.165) is 22.3 Å². The molecule has 242 valence electrons. The SMILES string of the molecule is Cc1ccc(S(=O)(=O)N(CC(=O)N(Cc2ccc(Cl)cc2)[C@@H](Cc2ccccc2)C(=O)NCC(C)C)c2cc(C)ccc2C)cc1. The number of nitrogens with one attached hydrogen (secondary N) is 1. The summed E-state index contributed by atoms with van der Waals surface area (Å²) in [5, 5.41) is 3.55.